The van der Waals surface area contributed by atoms with Crippen LogP contribution < -0.4 is 0 Å². The number of unbranched alkanes of at least 4 members (excludes halogenated alkanes) is 2. The van der Waals surface area contributed by atoms with Crippen molar-refractivity contribution in [1.29, 1.82) is 0 Å². The molecule has 5 heteroatoms. The molecule has 0 aliphatic carbocycles. The van der Waals surface area contributed by atoms with Crippen LogP contribution in [0.25, 0.3) is 10.9 Å². The molecule has 0 spiro atoms. The van der Waals surface area contributed by atoms with Crippen molar-refractivity contribution in [1.82, 2.24) is 9.29 Å². The van der Waals surface area contributed by atoms with Crippen molar-refractivity contribution in [2.24, 2.45) is 0 Å². The highest BCUT2D eigenvalue weighted by Gasteiger charge is 2.28. The van der Waals surface area contributed by atoms with E-state index < -0.39 is 10.0 Å². The highest BCUT2D eigenvalue weighted by Crippen LogP contribution is 2.28. The fraction of sp³-hybridized carbons (Fsp3) is 0.500. The summed E-state index contributed by atoms with van der Waals surface area (Å²) < 4.78 is 28.0. The Kier molecular flexibility index (Phi) is 5.76. The van der Waals surface area contributed by atoms with Crippen LogP contribution in [-0.4, -0.2) is 30.3 Å². The van der Waals surface area contributed by atoms with Crippen molar-refractivity contribution in [3.8, 4) is 0 Å². The normalized spacial score (nSPS) is 12.4. The molecule has 1 aromatic heterocycles. The number of benzene rings is 1. The van der Waals surface area contributed by atoms with Gasteiger partial charge in [-0.1, -0.05) is 25.8 Å². The monoisotopic (exact) mass is 334 g/mol. The Hall–Kier alpha value is -1.46. The molecule has 0 amide bonds. The molecule has 0 unspecified atom stereocenters. The van der Waals surface area contributed by atoms with Crippen molar-refractivity contribution in [3.05, 3.63) is 36.0 Å². The van der Waals surface area contributed by atoms with Gasteiger partial charge in [-0.25, -0.2) is 8.42 Å². The van der Waals surface area contributed by atoms with E-state index in [-0.39, 0.29) is 6.04 Å². The van der Waals surface area contributed by atoms with Crippen LogP contribution in [0.15, 0.2) is 35.4 Å². The van der Waals surface area contributed by atoms with Gasteiger partial charge < -0.3 is 0 Å². The molecule has 0 atom stereocenters. The minimum atomic E-state index is -3.53. The molecule has 126 valence electrons. The summed E-state index contributed by atoms with van der Waals surface area (Å²) in [6.07, 6.45) is 4.70. The van der Waals surface area contributed by atoms with Crippen LogP contribution in [-0.2, 0) is 10.0 Å². The lowest BCUT2D eigenvalue weighted by Gasteiger charge is -2.26. The standard InChI is InChI=1S/C18H26N2O2S/c1-5-6-7-13-20(14(2)3)23(21,22)17-11-10-15(4)18-16(17)9-8-12-19-18/h8-12,14H,5-7,13H2,1-4H3. The minimum Gasteiger partial charge on any atom is -0.256 e. The van der Waals surface area contributed by atoms with E-state index in [9.17, 15) is 8.42 Å². The predicted molar refractivity (Wildman–Crippen MR) is 95.0 cm³/mol. The van der Waals surface area contributed by atoms with Crippen LogP contribution in [0.4, 0.5) is 0 Å². The summed E-state index contributed by atoms with van der Waals surface area (Å²) >= 11 is 0. The molecule has 0 N–H and O–H groups in total. The molecule has 23 heavy (non-hydrogen) atoms. The number of aryl methyl sites for hydroxylation is 1. The van der Waals surface area contributed by atoms with E-state index >= 15 is 0 Å². The second-order valence-corrected chi connectivity index (χ2v) is 8.06. The van der Waals surface area contributed by atoms with Gasteiger partial charge in [-0.05, 0) is 51.0 Å². The molecular formula is C18H26N2O2S. The minimum absolute atomic E-state index is 0.0649. The summed E-state index contributed by atoms with van der Waals surface area (Å²) in [4.78, 5) is 4.71. The van der Waals surface area contributed by atoms with Gasteiger partial charge in [0, 0.05) is 24.2 Å². The number of sulfonamides is 1. The van der Waals surface area contributed by atoms with Gasteiger partial charge in [-0.15, -0.1) is 0 Å². The number of hydrogen-bond donors (Lipinski definition) is 0. The third-order valence-corrected chi connectivity index (χ3v) is 6.21. The lowest BCUT2D eigenvalue weighted by molar-refractivity contribution is 0.346. The Morgan fingerprint density at radius 2 is 1.91 bits per heavy atom. The summed E-state index contributed by atoms with van der Waals surface area (Å²) in [6.45, 7) is 8.49. The quantitative estimate of drug-likeness (QED) is 0.715. The van der Waals surface area contributed by atoms with E-state index in [0.29, 0.717) is 16.8 Å². The number of nitrogens with zero attached hydrogens (tertiary/aromatic N) is 2. The highest BCUT2D eigenvalue weighted by molar-refractivity contribution is 7.89. The molecule has 2 aromatic rings. The lowest BCUT2D eigenvalue weighted by atomic mass is 10.1. The van der Waals surface area contributed by atoms with E-state index in [0.717, 1.165) is 30.3 Å². The Balaban J connectivity index is 2.51. The average Bonchev–Trinajstić information content (AvgIpc) is 2.51. The van der Waals surface area contributed by atoms with Crippen molar-refractivity contribution in [2.45, 2.75) is 57.9 Å². The molecule has 4 nitrogen and oxygen atoms in total. The first-order valence-electron chi connectivity index (χ1n) is 8.25. The van der Waals surface area contributed by atoms with Gasteiger partial charge in [0.05, 0.1) is 10.4 Å². The van der Waals surface area contributed by atoms with Gasteiger partial charge in [-0.2, -0.15) is 4.31 Å². The van der Waals surface area contributed by atoms with Crippen molar-refractivity contribution in [3.63, 3.8) is 0 Å². The molecule has 0 saturated carbocycles. The molecule has 0 aliphatic heterocycles. The maximum absolute atomic E-state index is 13.2. The number of hydrogen-bond acceptors (Lipinski definition) is 3. The third kappa shape index (κ3) is 3.72. The molecule has 0 aliphatic rings. The van der Waals surface area contributed by atoms with Crippen LogP contribution >= 0.6 is 0 Å². The molecule has 1 aromatic carbocycles. The second kappa shape index (κ2) is 7.41. The van der Waals surface area contributed by atoms with E-state index in [1.165, 1.54) is 0 Å². The number of aromatic nitrogens is 1. The molecular weight excluding hydrogens is 308 g/mol. The van der Waals surface area contributed by atoms with E-state index in [2.05, 4.69) is 11.9 Å². The summed E-state index contributed by atoms with van der Waals surface area (Å²) in [5, 5.41) is 0.702. The van der Waals surface area contributed by atoms with Crippen LogP contribution in [0.5, 0.6) is 0 Å². The summed E-state index contributed by atoms with van der Waals surface area (Å²) in [7, 11) is -3.53. The fourth-order valence-corrected chi connectivity index (χ4v) is 4.67. The fourth-order valence-electron chi connectivity index (χ4n) is 2.81. The molecule has 2 rings (SSSR count). The predicted octanol–water partition coefficient (Wildman–Crippen LogP) is 4.13. The Labute approximate surface area is 139 Å². The first-order valence-corrected chi connectivity index (χ1v) is 9.69. The lowest BCUT2D eigenvalue weighted by Crippen LogP contribution is -2.37. The number of fused-ring (bicyclic) bond motifs is 1. The molecule has 0 fully saturated rings. The Morgan fingerprint density at radius 1 is 1.17 bits per heavy atom. The summed E-state index contributed by atoms with van der Waals surface area (Å²) in [5.41, 5.74) is 1.74. The molecule has 0 radical (unpaired) electrons. The topological polar surface area (TPSA) is 50.3 Å². The van der Waals surface area contributed by atoms with Gasteiger partial charge in [0.2, 0.25) is 10.0 Å². The van der Waals surface area contributed by atoms with Gasteiger partial charge in [0.1, 0.15) is 0 Å². The van der Waals surface area contributed by atoms with Crippen LogP contribution in [0.1, 0.15) is 45.6 Å². The van der Waals surface area contributed by atoms with Gasteiger partial charge >= 0.3 is 0 Å². The third-order valence-electron chi connectivity index (χ3n) is 4.08. The zero-order valence-corrected chi connectivity index (χ0v) is 15.2. The summed E-state index contributed by atoms with van der Waals surface area (Å²) in [6, 6.07) is 7.12. The highest BCUT2D eigenvalue weighted by atomic mass is 32.2. The number of pyridine rings is 1. The van der Waals surface area contributed by atoms with Crippen molar-refractivity contribution < 1.29 is 8.42 Å². The Morgan fingerprint density at radius 3 is 2.57 bits per heavy atom. The zero-order chi connectivity index (χ0) is 17.0. The van der Waals surface area contributed by atoms with Gasteiger partial charge in [-0.3, -0.25) is 4.98 Å². The van der Waals surface area contributed by atoms with Crippen LogP contribution in [0, 0.1) is 6.92 Å². The average molecular weight is 334 g/mol. The van der Waals surface area contributed by atoms with Gasteiger partial charge in [0.25, 0.3) is 0 Å². The largest absolute Gasteiger partial charge is 0.256 e. The first-order chi connectivity index (χ1) is 10.9. The van der Waals surface area contributed by atoms with E-state index in [1.807, 2.05) is 32.9 Å². The zero-order valence-electron chi connectivity index (χ0n) is 14.4. The smallest absolute Gasteiger partial charge is 0.243 e. The second-order valence-electron chi connectivity index (χ2n) is 6.20. The maximum Gasteiger partial charge on any atom is 0.243 e. The first kappa shape index (κ1) is 17.9. The summed E-state index contributed by atoms with van der Waals surface area (Å²) in [5.74, 6) is 0. The van der Waals surface area contributed by atoms with E-state index in [4.69, 9.17) is 0 Å². The van der Waals surface area contributed by atoms with Crippen molar-refractivity contribution in [2.75, 3.05) is 6.54 Å². The SMILES string of the molecule is CCCCCN(C(C)C)S(=O)(=O)c1ccc(C)c2ncccc12. The number of rotatable bonds is 7. The molecule has 0 saturated heterocycles. The van der Waals surface area contributed by atoms with Crippen LogP contribution in [0.3, 0.4) is 0 Å². The maximum atomic E-state index is 13.2. The molecule has 1 heterocycles. The van der Waals surface area contributed by atoms with Crippen molar-refractivity contribution >= 4 is 20.9 Å². The molecule has 0 bridgehead atoms. The van der Waals surface area contributed by atoms with Crippen LogP contribution in [0.2, 0.25) is 0 Å². The van der Waals surface area contributed by atoms with Gasteiger partial charge in [0.15, 0.2) is 0 Å². The Bertz CT molecular complexity index is 770. The van der Waals surface area contributed by atoms with E-state index in [1.54, 1.807) is 22.6 Å².